The number of halogens is 2. The number of benzene rings is 1. The van der Waals surface area contributed by atoms with Crippen LogP contribution in [0, 0.1) is 0 Å². The molecule has 1 amide bonds. The third-order valence-electron chi connectivity index (χ3n) is 4.87. The Labute approximate surface area is 169 Å². The summed E-state index contributed by atoms with van der Waals surface area (Å²) < 4.78 is 1.98. The van der Waals surface area contributed by atoms with Gasteiger partial charge >= 0.3 is 0 Å². The molecular weight excluding hydrogens is 383 g/mol. The number of anilines is 2. The number of aryl methyl sites for hydroxylation is 1. The van der Waals surface area contributed by atoms with Crippen molar-refractivity contribution in [3.63, 3.8) is 0 Å². The second-order valence-corrected chi connectivity index (χ2v) is 7.13. The number of fused-ring (bicyclic) bond motifs is 1. The summed E-state index contributed by atoms with van der Waals surface area (Å²) in [5, 5.41) is 4.90. The largest absolute Gasteiger partial charge is 0.350 e. The predicted molar refractivity (Wildman–Crippen MR) is 112 cm³/mol. The first kappa shape index (κ1) is 19.5. The van der Waals surface area contributed by atoms with Crippen molar-refractivity contribution in [1.29, 1.82) is 0 Å². The number of piperidine rings is 1. The lowest BCUT2D eigenvalue weighted by Crippen LogP contribution is -2.35. The monoisotopic (exact) mass is 404 g/mol. The van der Waals surface area contributed by atoms with Crippen molar-refractivity contribution >= 4 is 52.3 Å². The molecule has 0 atom stereocenters. The SMILES string of the molecule is Cl.Cn1ccc2c(Nc3cccc(Cl)c3)ncc(C(=O)N3CCCCC3)c21. The Morgan fingerprint density at radius 1 is 1.19 bits per heavy atom. The third kappa shape index (κ3) is 3.89. The Bertz CT molecular complexity index is 964. The predicted octanol–water partition coefficient (Wildman–Crippen LogP) is 5.02. The highest BCUT2D eigenvalue weighted by atomic mass is 35.5. The Kier molecular flexibility index (Phi) is 5.92. The van der Waals surface area contributed by atoms with Crippen molar-refractivity contribution in [2.75, 3.05) is 18.4 Å². The first-order chi connectivity index (χ1) is 12.6. The topological polar surface area (TPSA) is 50.2 Å². The fourth-order valence-electron chi connectivity index (χ4n) is 3.54. The summed E-state index contributed by atoms with van der Waals surface area (Å²) in [6.07, 6.45) is 6.99. The highest BCUT2D eigenvalue weighted by Gasteiger charge is 2.23. The quantitative estimate of drug-likeness (QED) is 0.666. The second-order valence-electron chi connectivity index (χ2n) is 6.70. The van der Waals surface area contributed by atoms with E-state index in [1.165, 1.54) is 6.42 Å². The first-order valence-electron chi connectivity index (χ1n) is 8.89. The van der Waals surface area contributed by atoms with Crippen LogP contribution in [0.1, 0.15) is 29.6 Å². The van der Waals surface area contributed by atoms with Crippen LogP contribution in [-0.4, -0.2) is 33.4 Å². The van der Waals surface area contributed by atoms with E-state index >= 15 is 0 Å². The number of hydrogen-bond acceptors (Lipinski definition) is 3. The molecule has 0 radical (unpaired) electrons. The molecule has 7 heteroatoms. The lowest BCUT2D eigenvalue weighted by atomic mass is 10.1. The number of carbonyl (C=O) groups excluding carboxylic acids is 1. The van der Waals surface area contributed by atoms with Crippen molar-refractivity contribution in [3.8, 4) is 0 Å². The van der Waals surface area contributed by atoms with E-state index in [2.05, 4.69) is 10.3 Å². The first-order valence-corrected chi connectivity index (χ1v) is 9.27. The zero-order valence-electron chi connectivity index (χ0n) is 15.1. The smallest absolute Gasteiger partial charge is 0.257 e. The summed E-state index contributed by atoms with van der Waals surface area (Å²) in [5.74, 6) is 0.788. The number of carbonyl (C=O) groups is 1. The Morgan fingerprint density at radius 3 is 2.70 bits per heavy atom. The van der Waals surface area contributed by atoms with Gasteiger partial charge in [0.05, 0.1) is 11.1 Å². The van der Waals surface area contributed by atoms with E-state index in [0.717, 1.165) is 48.3 Å². The zero-order valence-corrected chi connectivity index (χ0v) is 16.7. The van der Waals surface area contributed by atoms with E-state index in [0.29, 0.717) is 10.6 Å². The maximum atomic E-state index is 13.0. The van der Waals surface area contributed by atoms with Gasteiger partial charge in [-0.25, -0.2) is 4.98 Å². The normalized spacial score (nSPS) is 14.1. The molecule has 5 nitrogen and oxygen atoms in total. The van der Waals surface area contributed by atoms with Crippen LogP contribution in [0.5, 0.6) is 0 Å². The highest BCUT2D eigenvalue weighted by Crippen LogP contribution is 2.29. The molecule has 3 heterocycles. The Balaban J connectivity index is 0.00000210. The molecule has 2 aromatic heterocycles. The van der Waals surface area contributed by atoms with Crippen LogP contribution < -0.4 is 5.32 Å². The Hall–Kier alpha value is -2.24. The van der Waals surface area contributed by atoms with Gasteiger partial charge in [0.2, 0.25) is 0 Å². The number of aromatic nitrogens is 2. The summed E-state index contributed by atoms with van der Waals surface area (Å²) >= 11 is 6.07. The van der Waals surface area contributed by atoms with Gasteiger partial charge in [0, 0.05) is 48.6 Å². The number of likely N-dealkylation sites (tertiary alicyclic amines) is 1. The minimum atomic E-state index is 0. The van der Waals surface area contributed by atoms with E-state index in [4.69, 9.17) is 11.6 Å². The molecule has 0 unspecified atom stereocenters. The fraction of sp³-hybridized carbons (Fsp3) is 0.300. The maximum Gasteiger partial charge on any atom is 0.257 e. The fourth-order valence-corrected chi connectivity index (χ4v) is 3.73. The summed E-state index contributed by atoms with van der Waals surface area (Å²) in [7, 11) is 1.96. The summed E-state index contributed by atoms with van der Waals surface area (Å²) in [6, 6.07) is 9.50. The van der Waals surface area contributed by atoms with E-state index in [1.54, 1.807) is 6.20 Å². The molecule has 0 aliphatic carbocycles. The van der Waals surface area contributed by atoms with Gasteiger partial charge in [-0.15, -0.1) is 12.4 Å². The van der Waals surface area contributed by atoms with Crippen molar-refractivity contribution in [3.05, 3.63) is 53.3 Å². The molecule has 1 aliphatic rings. The second kappa shape index (κ2) is 8.19. The molecule has 27 heavy (non-hydrogen) atoms. The van der Waals surface area contributed by atoms with E-state index in [1.807, 2.05) is 53.0 Å². The Morgan fingerprint density at radius 2 is 1.96 bits per heavy atom. The van der Waals surface area contributed by atoms with Crippen molar-refractivity contribution in [1.82, 2.24) is 14.5 Å². The minimum absolute atomic E-state index is 0. The van der Waals surface area contributed by atoms with Crippen LogP contribution >= 0.6 is 24.0 Å². The third-order valence-corrected chi connectivity index (χ3v) is 5.10. The van der Waals surface area contributed by atoms with Gasteiger partial charge < -0.3 is 14.8 Å². The van der Waals surface area contributed by atoms with Crippen LogP contribution in [-0.2, 0) is 7.05 Å². The van der Waals surface area contributed by atoms with Crippen LogP contribution in [0.15, 0.2) is 42.7 Å². The molecule has 1 saturated heterocycles. The molecular formula is C20H22Cl2N4O. The zero-order chi connectivity index (χ0) is 18.1. The number of nitrogens with one attached hydrogen (secondary N) is 1. The van der Waals surface area contributed by atoms with Gasteiger partial charge in [0.25, 0.3) is 5.91 Å². The average Bonchev–Trinajstić information content (AvgIpc) is 3.05. The minimum Gasteiger partial charge on any atom is -0.350 e. The summed E-state index contributed by atoms with van der Waals surface area (Å²) in [5.41, 5.74) is 2.43. The van der Waals surface area contributed by atoms with Gasteiger partial charge in [-0.1, -0.05) is 17.7 Å². The molecule has 1 N–H and O–H groups in total. The standard InChI is InChI=1S/C20H21ClN4O.ClH/c1-24-11-8-16-18(24)17(20(26)25-9-3-2-4-10-25)13-22-19(16)23-15-7-5-6-14(21)12-15;/h5-8,11-13H,2-4,9-10H2,1H3,(H,22,23);1H. The lowest BCUT2D eigenvalue weighted by molar-refractivity contribution is 0.0725. The van der Waals surface area contributed by atoms with E-state index < -0.39 is 0 Å². The highest BCUT2D eigenvalue weighted by molar-refractivity contribution is 6.30. The molecule has 3 aromatic rings. The number of nitrogens with zero attached hydrogens (tertiary/aromatic N) is 3. The lowest BCUT2D eigenvalue weighted by Gasteiger charge is -2.27. The maximum absolute atomic E-state index is 13.0. The van der Waals surface area contributed by atoms with E-state index in [9.17, 15) is 4.79 Å². The summed E-state index contributed by atoms with van der Waals surface area (Å²) in [6.45, 7) is 1.65. The number of pyridine rings is 1. The number of amides is 1. The van der Waals surface area contributed by atoms with Gasteiger partial charge in [-0.2, -0.15) is 0 Å². The molecule has 1 fully saturated rings. The molecule has 1 aliphatic heterocycles. The molecule has 4 rings (SSSR count). The van der Waals surface area contributed by atoms with E-state index in [-0.39, 0.29) is 18.3 Å². The number of hydrogen-bond donors (Lipinski definition) is 1. The van der Waals surface area contributed by atoms with Gasteiger partial charge in [0.15, 0.2) is 0 Å². The molecule has 0 spiro atoms. The van der Waals surface area contributed by atoms with Gasteiger partial charge in [-0.3, -0.25) is 4.79 Å². The average molecular weight is 405 g/mol. The van der Waals surface area contributed by atoms with Crippen molar-refractivity contribution < 1.29 is 4.79 Å². The summed E-state index contributed by atoms with van der Waals surface area (Å²) in [4.78, 5) is 19.5. The van der Waals surface area contributed by atoms with Gasteiger partial charge in [-0.05, 0) is 43.5 Å². The molecule has 0 bridgehead atoms. The van der Waals surface area contributed by atoms with Crippen molar-refractivity contribution in [2.45, 2.75) is 19.3 Å². The number of rotatable bonds is 3. The van der Waals surface area contributed by atoms with Crippen LogP contribution in [0.2, 0.25) is 5.02 Å². The van der Waals surface area contributed by atoms with Crippen molar-refractivity contribution in [2.24, 2.45) is 7.05 Å². The molecule has 142 valence electrons. The molecule has 0 saturated carbocycles. The van der Waals surface area contributed by atoms with Gasteiger partial charge in [0.1, 0.15) is 5.82 Å². The van der Waals surface area contributed by atoms with Crippen LogP contribution in [0.3, 0.4) is 0 Å². The van der Waals surface area contributed by atoms with Crippen LogP contribution in [0.4, 0.5) is 11.5 Å². The van der Waals surface area contributed by atoms with Crippen LogP contribution in [0.25, 0.3) is 10.9 Å². The molecule has 1 aromatic carbocycles.